The number of nitrogens with zero attached hydrogens (tertiary/aromatic N) is 4. The molecule has 2 heterocycles. The van der Waals surface area contributed by atoms with Crippen LogP contribution in [-0.4, -0.2) is 37.2 Å². The smallest absolute Gasteiger partial charge is 0.237 e. The monoisotopic (exact) mass is 392 g/mol. The van der Waals surface area contributed by atoms with Gasteiger partial charge in [-0.15, -0.1) is 10.2 Å². The molecule has 3 aromatic rings. The highest BCUT2D eigenvalue weighted by molar-refractivity contribution is 7.99. The summed E-state index contributed by atoms with van der Waals surface area (Å²) in [6, 6.07) is 10.8. The van der Waals surface area contributed by atoms with Gasteiger partial charge in [0, 0.05) is 17.1 Å². The van der Waals surface area contributed by atoms with Crippen LogP contribution in [-0.2, 0) is 4.79 Å². The lowest BCUT2D eigenvalue weighted by molar-refractivity contribution is -0.127. The van der Waals surface area contributed by atoms with Crippen LogP contribution in [0.3, 0.4) is 0 Å². The Morgan fingerprint density at radius 1 is 1.25 bits per heavy atom. The quantitative estimate of drug-likeness (QED) is 0.589. The van der Waals surface area contributed by atoms with E-state index in [0.29, 0.717) is 11.8 Å². The molecular formula is C22H24N4OS. The molecule has 1 saturated carbocycles. The van der Waals surface area contributed by atoms with Gasteiger partial charge in [0.15, 0.2) is 10.8 Å². The number of aryl methyl sites for hydroxylation is 1. The number of rotatable bonds is 5. The number of allylic oxidation sites excluding steroid dienone is 2. The average Bonchev–Trinajstić information content (AvgIpc) is 3.47. The lowest BCUT2D eigenvalue weighted by Crippen LogP contribution is -2.34. The fourth-order valence-corrected chi connectivity index (χ4v) is 4.95. The second-order valence-corrected chi connectivity index (χ2v) is 8.69. The lowest BCUT2D eigenvalue weighted by Gasteiger charge is -2.27. The number of thioether (sulfide) groups is 1. The lowest BCUT2D eigenvalue weighted by atomic mass is 10.0. The minimum absolute atomic E-state index is 0.203. The highest BCUT2D eigenvalue weighted by Crippen LogP contribution is 2.35. The second-order valence-electron chi connectivity index (χ2n) is 7.75. The van der Waals surface area contributed by atoms with Crippen molar-refractivity contribution < 1.29 is 4.79 Å². The highest BCUT2D eigenvalue weighted by atomic mass is 32.2. The molecule has 6 heteroatoms. The second kappa shape index (κ2) is 7.24. The Morgan fingerprint density at radius 2 is 2.11 bits per heavy atom. The molecule has 0 spiro atoms. The molecule has 1 fully saturated rings. The van der Waals surface area contributed by atoms with Gasteiger partial charge in [-0.2, -0.15) is 0 Å². The zero-order valence-electron chi connectivity index (χ0n) is 16.1. The molecule has 0 saturated heterocycles. The molecule has 1 aromatic carbocycles. The van der Waals surface area contributed by atoms with Crippen molar-refractivity contribution in [3.05, 3.63) is 47.7 Å². The van der Waals surface area contributed by atoms with E-state index in [1.807, 2.05) is 12.1 Å². The van der Waals surface area contributed by atoms with Gasteiger partial charge in [0.25, 0.3) is 0 Å². The fraction of sp³-hybridized carbons (Fsp3) is 0.409. The number of para-hydroxylation sites is 1. The van der Waals surface area contributed by atoms with Gasteiger partial charge < -0.3 is 4.90 Å². The Hall–Kier alpha value is -2.34. The van der Waals surface area contributed by atoms with Crippen LogP contribution in [0.15, 0.2) is 47.3 Å². The van der Waals surface area contributed by atoms with Crippen LogP contribution < -0.4 is 0 Å². The SMILES string of the molecule is Cc1cc2nnc(SCC(=O)N(C3=CCCCC3)C3CC3)n2c2ccccc12. The third-order valence-corrected chi connectivity index (χ3v) is 6.57. The molecule has 0 radical (unpaired) electrons. The molecule has 0 bridgehead atoms. The number of pyridine rings is 1. The first kappa shape index (κ1) is 17.7. The zero-order chi connectivity index (χ0) is 19.1. The first-order chi connectivity index (χ1) is 13.7. The summed E-state index contributed by atoms with van der Waals surface area (Å²) in [5.41, 5.74) is 4.35. The van der Waals surface area contributed by atoms with E-state index in [2.05, 4.69) is 50.7 Å². The van der Waals surface area contributed by atoms with E-state index >= 15 is 0 Å². The maximum Gasteiger partial charge on any atom is 0.237 e. The van der Waals surface area contributed by atoms with E-state index in [-0.39, 0.29) is 5.91 Å². The van der Waals surface area contributed by atoms with Gasteiger partial charge in [-0.05, 0) is 63.1 Å². The Balaban J connectivity index is 1.42. The first-order valence-electron chi connectivity index (χ1n) is 10.1. The molecule has 1 amide bonds. The van der Waals surface area contributed by atoms with Crippen molar-refractivity contribution in [2.24, 2.45) is 0 Å². The number of carbonyl (C=O) groups is 1. The molecule has 0 aliphatic heterocycles. The molecule has 0 unspecified atom stereocenters. The third-order valence-electron chi connectivity index (χ3n) is 5.66. The van der Waals surface area contributed by atoms with Gasteiger partial charge in [0.1, 0.15) is 0 Å². The van der Waals surface area contributed by atoms with Crippen LogP contribution in [0.1, 0.15) is 44.1 Å². The summed E-state index contributed by atoms with van der Waals surface area (Å²) in [7, 11) is 0. The molecule has 5 rings (SSSR count). The standard InChI is InChI=1S/C22H24N4OS/c1-15-13-20-23-24-22(26(20)19-10-6-5-9-18(15)19)28-14-21(27)25(17-11-12-17)16-7-3-2-4-8-16/h5-7,9-10,13,17H,2-4,8,11-12,14H2,1H3. The number of carbonyl (C=O) groups excluding carboxylic acids is 1. The summed E-state index contributed by atoms with van der Waals surface area (Å²) in [6.45, 7) is 2.10. The van der Waals surface area contributed by atoms with Gasteiger partial charge >= 0.3 is 0 Å². The van der Waals surface area contributed by atoms with Crippen LogP contribution in [0, 0.1) is 6.92 Å². The van der Waals surface area contributed by atoms with E-state index < -0.39 is 0 Å². The van der Waals surface area contributed by atoms with Crippen LogP contribution in [0.25, 0.3) is 16.6 Å². The largest absolute Gasteiger partial charge is 0.313 e. The van der Waals surface area contributed by atoms with Crippen LogP contribution >= 0.6 is 11.8 Å². The molecule has 144 valence electrons. The molecule has 0 atom stereocenters. The van der Waals surface area contributed by atoms with Crippen molar-refractivity contribution in [1.82, 2.24) is 19.5 Å². The van der Waals surface area contributed by atoms with Crippen molar-refractivity contribution in [3.8, 4) is 0 Å². The summed E-state index contributed by atoms with van der Waals surface area (Å²) >= 11 is 1.49. The van der Waals surface area contributed by atoms with Crippen LogP contribution in [0.5, 0.6) is 0 Å². The van der Waals surface area contributed by atoms with Crippen LogP contribution in [0.2, 0.25) is 0 Å². The fourth-order valence-electron chi connectivity index (χ4n) is 4.14. The molecule has 28 heavy (non-hydrogen) atoms. The number of benzene rings is 1. The first-order valence-corrected chi connectivity index (χ1v) is 11.1. The zero-order valence-corrected chi connectivity index (χ0v) is 16.9. The number of amides is 1. The Labute approximate surface area is 168 Å². The van der Waals surface area contributed by atoms with Crippen LogP contribution in [0.4, 0.5) is 0 Å². The molecular weight excluding hydrogens is 368 g/mol. The van der Waals surface area contributed by atoms with Crippen molar-refractivity contribution in [3.63, 3.8) is 0 Å². The topological polar surface area (TPSA) is 50.5 Å². The van der Waals surface area contributed by atoms with E-state index in [9.17, 15) is 4.79 Å². The summed E-state index contributed by atoms with van der Waals surface area (Å²) in [5.74, 6) is 0.602. The number of hydrogen-bond acceptors (Lipinski definition) is 4. The van der Waals surface area contributed by atoms with E-state index in [0.717, 1.165) is 42.0 Å². The Bertz CT molecular complexity index is 1080. The Kier molecular flexibility index (Phi) is 4.59. The predicted molar refractivity (Wildman–Crippen MR) is 112 cm³/mol. The number of fused-ring (bicyclic) bond motifs is 3. The van der Waals surface area contributed by atoms with Crippen molar-refractivity contribution >= 4 is 34.2 Å². The maximum absolute atomic E-state index is 13.1. The van der Waals surface area contributed by atoms with Gasteiger partial charge in [-0.25, -0.2) is 0 Å². The van der Waals surface area contributed by atoms with Crippen molar-refractivity contribution in [2.75, 3.05) is 5.75 Å². The highest BCUT2D eigenvalue weighted by Gasteiger charge is 2.35. The van der Waals surface area contributed by atoms with Gasteiger partial charge in [0.05, 0.1) is 11.3 Å². The van der Waals surface area contributed by atoms with E-state index in [1.54, 1.807) is 0 Å². The summed E-state index contributed by atoms with van der Waals surface area (Å²) in [5, 5.41) is 10.7. The summed E-state index contributed by atoms with van der Waals surface area (Å²) < 4.78 is 2.07. The van der Waals surface area contributed by atoms with Gasteiger partial charge in [-0.3, -0.25) is 9.20 Å². The van der Waals surface area contributed by atoms with Crippen molar-refractivity contribution in [1.29, 1.82) is 0 Å². The minimum atomic E-state index is 0.203. The minimum Gasteiger partial charge on any atom is -0.313 e. The van der Waals surface area contributed by atoms with Crippen molar-refractivity contribution in [2.45, 2.75) is 56.6 Å². The number of aromatic nitrogens is 3. The third kappa shape index (κ3) is 3.20. The Morgan fingerprint density at radius 3 is 2.89 bits per heavy atom. The molecule has 5 nitrogen and oxygen atoms in total. The van der Waals surface area contributed by atoms with Gasteiger partial charge in [0.2, 0.25) is 5.91 Å². The molecule has 2 aliphatic carbocycles. The van der Waals surface area contributed by atoms with Gasteiger partial charge in [-0.1, -0.05) is 36.0 Å². The summed E-state index contributed by atoms with van der Waals surface area (Å²) in [4.78, 5) is 15.2. The molecule has 2 aromatic heterocycles. The number of hydrogen-bond donors (Lipinski definition) is 0. The van der Waals surface area contributed by atoms with E-state index in [1.165, 1.54) is 41.3 Å². The maximum atomic E-state index is 13.1. The molecule has 0 N–H and O–H groups in total. The van der Waals surface area contributed by atoms with E-state index in [4.69, 9.17) is 0 Å². The molecule has 2 aliphatic rings. The average molecular weight is 393 g/mol. The predicted octanol–water partition coefficient (Wildman–Crippen LogP) is 4.73. The summed E-state index contributed by atoms with van der Waals surface area (Å²) in [6.07, 6.45) is 9.09. The normalized spacial score (nSPS) is 17.1.